The van der Waals surface area contributed by atoms with E-state index in [0.717, 1.165) is 31.9 Å². The number of carbonyl (C=O) groups is 1. The lowest BCUT2D eigenvalue weighted by Gasteiger charge is -2.32. The fourth-order valence-corrected chi connectivity index (χ4v) is 6.38. The van der Waals surface area contributed by atoms with Gasteiger partial charge in [0.25, 0.3) is 0 Å². The summed E-state index contributed by atoms with van der Waals surface area (Å²) in [4.78, 5) is 22.7. The minimum absolute atomic E-state index is 0.112. The van der Waals surface area contributed by atoms with Crippen LogP contribution in [0.25, 0.3) is 0 Å². The summed E-state index contributed by atoms with van der Waals surface area (Å²) in [5.41, 5.74) is 0.142. The Bertz CT molecular complexity index is 1140. The van der Waals surface area contributed by atoms with Crippen LogP contribution < -0.4 is 10.0 Å². The summed E-state index contributed by atoms with van der Waals surface area (Å²) in [6.45, 7) is 5.10. The summed E-state index contributed by atoms with van der Waals surface area (Å²) >= 11 is 0. The van der Waals surface area contributed by atoms with Crippen molar-refractivity contribution >= 4 is 21.9 Å². The normalized spacial score (nSPS) is 25.1. The summed E-state index contributed by atoms with van der Waals surface area (Å²) in [6, 6.07) is 11.9. The summed E-state index contributed by atoms with van der Waals surface area (Å²) in [5, 5.41) is 13.3. The molecule has 2 N–H and O–H groups in total. The van der Waals surface area contributed by atoms with Gasteiger partial charge in [-0.15, -0.1) is 0 Å². The number of nitrogens with zero attached hydrogens (tertiary/aromatic N) is 4. The summed E-state index contributed by atoms with van der Waals surface area (Å²) < 4.78 is 32.4. The zero-order valence-electron chi connectivity index (χ0n) is 23.1. The highest BCUT2D eigenvalue weighted by atomic mass is 32.2. The number of hydrogen-bond donors (Lipinski definition) is 2. The van der Waals surface area contributed by atoms with Gasteiger partial charge in [0.15, 0.2) is 0 Å². The van der Waals surface area contributed by atoms with Crippen LogP contribution in [0.4, 0.5) is 0 Å². The number of sulfonamides is 1. The molecule has 39 heavy (non-hydrogen) atoms. The number of nitrogens with one attached hydrogen (secondary N) is 2. The lowest BCUT2D eigenvalue weighted by Crippen LogP contribution is -2.54. The maximum absolute atomic E-state index is 13.9. The van der Waals surface area contributed by atoms with Crippen molar-refractivity contribution in [2.75, 3.05) is 45.6 Å². The fourth-order valence-electron chi connectivity index (χ4n) is 5.87. The van der Waals surface area contributed by atoms with Crippen molar-refractivity contribution in [3.8, 4) is 6.07 Å². The van der Waals surface area contributed by atoms with Crippen molar-refractivity contribution < 1.29 is 17.9 Å². The van der Waals surface area contributed by atoms with Crippen LogP contribution in [0.2, 0.25) is 0 Å². The van der Waals surface area contributed by atoms with E-state index in [1.165, 1.54) is 12.0 Å². The second-order valence-corrected chi connectivity index (χ2v) is 12.9. The molecule has 0 spiro atoms. The second-order valence-electron chi connectivity index (χ2n) is 11.2. The van der Waals surface area contributed by atoms with E-state index >= 15 is 0 Å². The van der Waals surface area contributed by atoms with Crippen LogP contribution >= 0.6 is 0 Å². The summed E-state index contributed by atoms with van der Waals surface area (Å²) in [6.07, 6.45) is 7.61. The molecule has 0 radical (unpaired) electrons. The van der Waals surface area contributed by atoms with Crippen LogP contribution in [-0.4, -0.2) is 87.3 Å². The largest absolute Gasteiger partial charge is 0.378 e. The first-order valence-electron chi connectivity index (χ1n) is 14.1. The second kappa shape index (κ2) is 13.1. The van der Waals surface area contributed by atoms with E-state index < -0.39 is 21.6 Å². The molecule has 3 fully saturated rings. The molecule has 1 aromatic carbocycles. The Balaban J connectivity index is 1.55. The van der Waals surface area contributed by atoms with Gasteiger partial charge >= 0.3 is 0 Å². The predicted molar refractivity (Wildman–Crippen MR) is 150 cm³/mol. The van der Waals surface area contributed by atoms with Crippen LogP contribution in [0.1, 0.15) is 63.5 Å². The standard InChI is InChI=1S/C28H42N6O4S/c1-22(24-11-7-4-8-12-24)34-14-13-28(20-29,21-34)31-26(35)25(19-23-9-5-3-6-10-23)30-27(32-39(2,36)37)33-15-17-38-18-16-33/h4,7-8,11-12,22-23,25H,3,5-6,9-10,13-19,21H2,1-2H3,(H,30,32)(H,31,35). The van der Waals surface area contributed by atoms with E-state index in [9.17, 15) is 18.5 Å². The minimum atomic E-state index is -3.61. The van der Waals surface area contributed by atoms with Crippen LogP contribution in [0.5, 0.6) is 0 Å². The Morgan fingerprint density at radius 1 is 1.18 bits per heavy atom. The van der Waals surface area contributed by atoms with Crippen LogP contribution in [-0.2, 0) is 19.6 Å². The van der Waals surface area contributed by atoms with Crippen LogP contribution in [0, 0.1) is 17.2 Å². The van der Waals surface area contributed by atoms with Crippen molar-refractivity contribution in [2.24, 2.45) is 10.9 Å². The molecule has 3 atom stereocenters. The Morgan fingerprint density at radius 3 is 2.51 bits per heavy atom. The number of rotatable bonds is 8. The maximum atomic E-state index is 13.9. The Morgan fingerprint density at radius 2 is 1.87 bits per heavy atom. The van der Waals surface area contributed by atoms with E-state index in [0.29, 0.717) is 58.2 Å². The smallest absolute Gasteiger partial charge is 0.246 e. The van der Waals surface area contributed by atoms with Gasteiger partial charge in [-0.1, -0.05) is 62.4 Å². The van der Waals surface area contributed by atoms with Gasteiger partial charge < -0.3 is 15.0 Å². The van der Waals surface area contributed by atoms with Gasteiger partial charge in [-0.3, -0.25) is 14.4 Å². The SMILES string of the molecule is CC(c1ccccc1)N1CCC(C#N)(NC(=O)C(CC2CCCCC2)N=C(NS(C)(=O)=O)N2CCOCC2)C1. The number of likely N-dealkylation sites (tertiary alicyclic amines) is 1. The highest BCUT2D eigenvalue weighted by Gasteiger charge is 2.43. The number of aliphatic imine (C=N–C) groups is 1. The lowest BCUT2D eigenvalue weighted by atomic mass is 9.84. The molecule has 11 heteroatoms. The van der Waals surface area contributed by atoms with Gasteiger partial charge in [0.2, 0.25) is 21.9 Å². The van der Waals surface area contributed by atoms with Crippen molar-refractivity contribution in [1.29, 1.82) is 5.26 Å². The lowest BCUT2D eigenvalue weighted by molar-refractivity contribution is -0.124. The van der Waals surface area contributed by atoms with Gasteiger partial charge in [0, 0.05) is 32.2 Å². The van der Waals surface area contributed by atoms with E-state index in [1.54, 1.807) is 0 Å². The molecule has 2 aliphatic heterocycles. The molecule has 1 saturated carbocycles. The van der Waals surface area contributed by atoms with E-state index in [-0.39, 0.29) is 17.9 Å². The number of amides is 1. The van der Waals surface area contributed by atoms with Gasteiger partial charge in [-0.2, -0.15) is 5.26 Å². The molecule has 3 aliphatic rings. The zero-order chi connectivity index (χ0) is 27.9. The van der Waals surface area contributed by atoms with E-state index in [4.69, 9.17) is 9.73 Å². The van der Waals surface area contributed by atoms with Crippen molar-refractivity contribution in [2.45, 2.75) is 69.5 Å². The molecule has 214 valence electrons. The molecule has 2 saturated heterocycles. The van der Waals surface area contributed by atoms with Crippen molar-refractivity contribution in [1.82, 2.24) is 19.8 Å². The first-order valence-corrected chi connectivity index (χ1v) is 16.0. The zero-order valence-corrected chi connectivity index (χ0v) is 24.0. The third-order valence-corrected chi connectivity index (χ3v) is 8.71. The average Bonchev–Trinajstić information content (AvgIpc) is 3.37. The molecule has 3 unspecified atom stereocenters. The highest BCUT2D eigenvalue weighted by Crippen LogP contribution is 2.31. The maximum Gasteiger partial charge on any atom is 0.246 e. The third-order valence-electron chi connectivity index (χ3n) is 8.15. The predicted octanol–water partition coefficient (Wildman–Crippen LogP) is 2.41. The fraction of sp³-hybridized carbons (Fsp3) is 0.679. The number of guanidine groups is 1. The molecule has 4 rings (SSSR count). The van der Waals surface area contributed by atoms with Crippen molar-refractivity contribution in [3.05, 3.63) is 35.9 Å². The molecule has 10 nitrogen and oxygen atoms in total. The number of hydrogen-bond acceptors (Lipinski definition) is 7. The number of ether oxygens (including phenoxy) is 1. The first kappa shape index (κ1) is 29.3. The average molecular weight is 559 g/mol. The Hall–Kier alpha value is -2.68. The monoisotopic (exact) mass is 558 g/mol. The van der Waals surface area contributed by atoms with Gasteiger partial charge in [0.1, 0.15) is 11.6 Å². The molecule has 1 aliphatic carbocycles. The number of benzene rings is 1. The molecule has 1 aromatic rings. The van der Waals surface area contributed by atoms with Gasteiger partial charge in [0.05, 0.1) is 25.5 Å². The van der Waals surface area contributed by atoms with E-state index in [1.807, 2.05) is 23.1 Å². The Labute approximate surface area is 232 Å². The quantitative estimate of drug-likeness (QED) is 0.371. The first-order chi connectivity index (χ1) is 18.7. The number of carbonyl (C=O) groups excluding carboxylic acids is 1. The highest BCUT2D eigenvalue weighted by molar-refractivity contribution is 7.89. The minimum Gasteiger partial charge on any atom is -0.378 e. The molecular formula is C28H42N6O4S. The van der Waals surface area contributed by atoms with Gasteiger partial charge in [-0.05, 0) is 31.2 Å². The number of morpholine rings is 1. The molecular weight excluding hydrogens is 516 g/mol. The van der Waals surface area contributed by atoms with Crippen LogP contribution in [0.15, 0.2) is 35.3 Å². The Kier molecular flexibility index (Phi) is 9.86. The molecule has 2 heterocycles. The number of nitriles is 1. The van der Waals surface area contributed by atoms with E-state index in [2.05, 4.69) is 40.1 Å². The van der Waals surface area contributed by atoms with Gasteiger partial charge in [-0.25, -0.2) is 13.4 Å². The van der Waals surface area contributed by atoms with Crippen LogP contribution in [0.3, 0.4) is 0 Å². The molecule has 0 aromatic heterocycles. The molecule has 1 amide bonds. The summed E-state index contributed by atoms with van der Waals surface area (Å²) in [5.74, 6) is 0.185. The topological polar surface area (TPSA) is 127 Å². The van der Waals surface area contributed by atoms with Crippen molar-refractivity contribution in [3.63, 3.8) is 0 Å². The summed E-state index contributed by atoms with van der Waals surface area (Å²) in [7, 11) is -3.61. The molecule has 0 bridgehead atoms. The third kappa shape index (κ3) is 8.16.